The molecule has 0 radical (unpaired) electrons. The second kappa shape index (κ2) is 4.45. The van der Waals surface area contributed by atoms with Crippen LogP contribution in [-0.2, 0) is 4.79 Å². The first-order chi connectivity index (χ1) is 8.09. The smallest absolute Gasteiger partial charge is 0.296 e. The van der Waals surface area contributed by atoms with Gasteiger partial charge in [0.2, 0.25) is 5.78 Å². The van der Waals surface area contributed by atoms with E-state index in [1.54, 1.807) is 24.3 Å². The van der Waals surface area contributed by atoms with Gasteiger partial charge in [0.25, 0.3) is 6.43 Å². The lowest BCUT2D eigenvalue weighted by Gasteiger charge is -1.98. The SMILES string of the molecule is O=C(CC(=O)C(F)F)c1c[nH]c2ccccc12. The quantitative estimate of drug-likeness (QED) is 0.656. The molecule has 0 aliphatic rings. The Balaban J connectivity index is 2.28. The minimum Gasteiger partial charge on any atom is -0.360 e. The molecule has 2 aromatic rings. The average Bonchev–Trinajstić information content (AvgIpc) is 2.72. The number of fused-ring (bicyclic) bond motifs is 1. The van der Waals surface area contributed by atoms with Crippen LogP contribution in [0.25, 0.3) is 10.9 Å². The molecule has 5 heteroatoms. The third-order valence-electron chi connectivity index (χ3n) is 2.47. The number of nitrogens with one attached hydrogen (secondary N) is 1. The largest absolute Gasteiger partial charge is 0.360 e. The van der Waals surface area contributed by atoms with Crippen molar-refractivity contribution in [2.24, 2.45) is 0 Å². The maximum absolute atomic E-state index is 12.0. The standard InChI is InChI=1S/C12H9F2NO2/c13-12(14)11(17)5-10(16)8-6-15-9-4-2-1-3-7(8)9/h1-4,6,12,15H,5H2. The molecule has 0 aliphatic heterocycles. The highest BCUT2D eigenvalue weighted by atomic mass is 19.3. The number of aromatic nitrogens is 1. The summed E-state index contributed by atoms with van der Waals surface area (Å²) in [5, 5.41) is 0.638. The molecule has 0 spiro atoms. The Labute approximate surface area is 95.4 Å². The predicted octanol–water partition coefficient (Wildman–Crippen LogP) is 2.57. The molecule has 0 bridgehead atoms. The Morgan fingerprint density at radius 3 is 2.65 bits per heavy atom. The lowest BCUT2D eigenvalue weighted by molar-refractivity contribution is -0.128. The minimum atomic E-state index is -3.09. The van der Waals surface area contributed by atoms with Crippen LogP contribution in [0.1, 0.15) is 16.8 Å². The van der Waals surface area contributed by atoms with Gasteiger partial charge in [-0.3, -0.25) is 9.59 Å². The van der Waals surface area contributed by atoms with Gasteiger partial charge in [-0.05, 0) is 6.07 Å². The van der Waals surface area contributed by atoms with E-state index in [0.29, 0.717) is 5.39 Å². The molecule has 0 fully saturated rings. The fourth-order valence-electron chi connectivity index (χ4n) is 1.63. The summed E-state index contributed by atoms with van der Waals surface area (Å²) in [6.45, 7) is 0. The van der Waals surface area contributed by atoms with Crippen LogP contribution in [0.4, 0.5) is 8.78 Å². The van der Waals surface area contributed by atoms with Crippen LogP contribution in [0.5, 0.6) is 0 Å². The zero-order chi connectivity index (χ0) is 12.4. The maximum atomic E-state index is 12.0. The number of benzene rings is 1. The summed E-state index contributed by atoms with van der Waals surface area (Å²) in [5.74, 6) is -1.94. The summed E-state index contributed by atoms with van der Waals surface area (Å²) < 4.78 is 24.1. The van der Waals surface area contributed by atoms with E-state index in [1.165, 1.54) is 6.20 Å². The van der Waals surface area contributed by atoms with E-state index >= 15 is 0 Å². The van der Waals surface area contributed by atoms with Crippen molar-refractivity contribution < 1.29 is 18.4 Å². The van der Waals surface area contributed by atoms with Crippen molar-refractivity contribution in [2.75, 3.05) is 0 Å². The zero-order valence-electron chi connectivity index (χ0n) is 8.74. The monoisotopic (exact) mass is 237 g/mol. The maximum Gasteiger partial charge on any atom is 0.296 e. The Morgan fingerprint density at radius 2 is 1.94 bits per heavy atom. The highest BCUT2D eigenvalue weighted by Gasteiger charge is 2.21. The number of Topliss-reactive ketones (excluding diaryl/α,β-unsaturated/α-hetero) is 2. The first-order valence-electron chi connectivity index (χ1n) is 5.00. The van der Waals surface area contributed by atoms with E-state index in [1.807, 2.05) is 0 Å². The van der Waals surface area contributed by atoms with E-state index in [9.17, 15) is 18.4 Å². The molecule has 17 heavy (non-hydrogen) atoms. The number of H-pyrrole nitrogens is 1. The summed E-state index contributed by atoms with van der Waals surface area (Å²) in [6.07, 6.45) is -2.42. The Kier molecular flexibility index (Phi) is 2.99. The van der Waals surface area contributed by atoms with E-state index in [-0.39, 0.29) is 5.56 Å². The van der Waals surface area contributed by atoms with Crippen LogP contribution in [0, 0.1) is 0 Å². The fourth-order valence-corrected chi connectivity index (χ4v) is 1.63. The van der Waals surface area contributed by atoms with Crippen LogP contribution in [0.3, 0.4) is 0 Å². The number of hydrogen-bond acceptors (Lipinski definition) is 2. The average molecular weight is 237 g/mol. The van der Waals surface area contributed by atoms with E-state index in [0.717, 1.165) is 5.52 Å². The third-order valence-corrected chi connectivity index (χ3v) is 2.47. The van der Waals surface area contributed by atoms with E-state index < -0.39 is 24.4 Å². The van der Waals surface area contributed by atoms with Gasteiger partial charge in [-0.2, -0.15) is 0 Å². The molecular formula is C12H9F2NO2. The van der Waals surface area contributed by atoms with Gasteiger partial charge in [0.05, 0.1) is 6.42 Å². The van der Waals surface area contributed by atoms with Crippen molar-refractivity contribution in [3.8, 4) is 0 Å². The number of hydrogen-bond donors (Lipinski definition) is 1. The Bertz CT molecular complexity index is 575. The van der Waals surface area contributed by atoms with Crippen molar-refractivity contribution in [2.45, 2.75) is 12.8 Å². The zero-order valence-corrected chi connectivity index (χ0v) is 8.74. The van der Waals surface area contributed by atoms with Crippen LogP contribution in [0.15, 0.2) is 30.5 Å². The number of aromatic amines is 1. The molecule has 1 N–H and O–H groups in total. The molecule has 3 nitrogen and oxygen atoms in total. The molecule has 1 aromatic heterocycles. The second-order valence-corrected chi connectivity index (χ2v) is 3.61. The van der Waals surface area contributed by atoms with Crippen molar-refractivity contribution in [3.63, 3.8) is 0 Å². The summed E-state index contributed by atoms with van der Waals surface area (Å²) in [4.78, 5) is 25.3. The van der Waals surface area contributed by atoms with Crippen LogP contribution >= 0.6 is 0 Å². The van der Waals surface area contributed by atoms with Crippen molar-refractivity contribution >= 4 is 22.5 Å². The summed E-state index contributed by atoms with van der Waals surface area (Å²) in [6, 6.07) is 6.99. The number of rotatable bonds is 4. The molecule has 0 atom stereocenters. The molecule has 2 rings (SSSR count). The highest BCUT2D eigenvalue weighted by molar-refractivity contribution is 6.14. The molecule has 0 saturated heterocycles. The molecule has 88 valence electrons. The number of ketones is 2. The minimum absolute atomic E-state index is 0.273. The summed E-state index contributed by atoms with van der Waals surface area (Å²) >= 11 is 0. The van der Waals surface area contributed by atoms with Gasteiger partial charge < -0.3 is 4.98 Å². The first-order valence-corrected chi connectivity index (χ1v) is 5.00. The molecule has 0 amide bonds. The van der Waals surface area contributed by atoms with Gasteiger partial charge in [-0.25, -0.2) is 8.78 Å². The van der Waals surface area contributed by atoms with Gasteiger partial charge in [-0.15, -0.1) is 0 Å². The van der Waals surface area contributed by atoms with E-state index in [2.05, 4.69) is 4.98 Å². The molecule has 0 unspecified atom stereocenters. The lowest BCUT2D eigenvalue weighted by Crippen LogP contribution is -2.15. The molecule has 0 aliphatic carbocycles. The topological polar surface area (TPSA) is 49.9 Å². The summed E-state index contributed by atoms with van der Waals surface area (Å²) in [7, 11) is 0. The number of carbonyl (C=O) groups is 2. The van der Waals surface area contributed by atoms with Crippen LogP contribution < -0.4 is 0 Å². The third kappa shape index (κ3) is 2.22. The Morgan fingerprint density at radius 1 is 1.24 bits per heavy atom. The number of halogens is 2. The number of para-hydroxylation sites is 1. The van der Waals surface area contributed by atoms with Gasteiger partial charge in [-0.1, -0.05) is 18.2 Å². The normalized spacial score (nSPS) is 11.0. The molecule has 0 saturated carbocycles. The van der Waals surface area contributed by atoms with Gasteiger partial charge in [0.1, 0.15) is 0 Å². The molecule has 1 aromatic carbocycles. The predicted molar refractivity (Wildman–Crippen MR) is 58.3 cm³/mol. The molecular weight excluding hydrogens is 228 g/mol. The van der Waals surface area contributed by atoms with Crippen LogP contribution in [0.2, 0.25) is 0 Å². The lowest BCUT2D eigenvalue weighted by atomic mass is 10.1. The first kappa shape index (κ1) is 11.4. The number of carbonyl (C=O) groups excluding carboxylic acids is 2. The number of alkyl halides is 2. The van der Waals surface area contributed by atoms with Crippen LogP contribution in [-0.4, -0.2) is 23.0 Å². The summed E-state index contributed by atoms with van der Waals surface area (Å²) in [5.41, 5.74) is 1.01. The van der Waals surface area contributed by atoms with Gasteiger partial charge in [0.15, 0.2) is 5.78 Å². The van der Waals surface area contributed by atoms with Gasteiger partial charge >= 0.3 is 0 Å². The Hall–Kier alpha value is -2.04. The second-order valence-electron chi connectivity index (χ2n) is 3.61. The molecule has 1 heterocycles. The van der Waals surface area contributed by atoms with Crippen molar-refractivity contribution in [3.05, 3.63) is 36.0 Å². The van der Waals surface area contributed by atoms with Crippen molar-refractivity contribution in [1.82, 2.24) is 4.98 Å². The van der Waals surface area contributed by atoms with Crippen molar-refractivity contribution in [1.29, 1.82) is 0 Å². The highest BCUT2D eigenvalue weighted by Crippen LogP contribution is 2.19. The fraction of sp³-hybridized carbons (Fsp3) is 0.167. The van der Waals surface area contributed by atoms with E-state index in [4.69, 9.17) is 0 Å². The van der Waals surface area contributed by atoms with Gasteiger partial charge in [0, 0.05) is 22.7 Å².